The summed E-state index contributed by atoms with van der Waals surface area (Å²) in [7, 11) is 0. The first-order valence-corrected chi connectivity index (χ1v) is 7.17. The molecule has 0 aliphatic heterocycles. The Morgan fingerprint density at radius 2 is 2.10 bits per heavy atom. The van der Waals surface area contributed by atoms with E-state index in [1.807, 2.05) is 30.3 Å². The maximum absolute atomic E-state index is 5.54. The van der Waals surface area contributed by atoms with Crippen LogP contribution in [0.2, 0.25) is 0 Å². The standard InChI is InChI=1S/C16H18N4O/c1-11(5-4-9-17)16-19-15(20-21-16)14-13-7-3-2-6-12(13)8-10-18-14/h2-3,6-8,10-11H,4-5,9,17H2,1H3. The second kappa shape index (κ2) is 6.01. The third kappa shape index (κ3) is 2.78. The van der Waals surface area contributed by atoms with Gasteiger partial charge in [-0.1, -0.05) is 36.3 Å². The number of benzene rings is 1. The predicted octanol–water partition coefficient (Wildman–Crippen LogP) is 3.13. The van der Waals surface area contributed by atoms with Gasteiger partial charge in [-0.15, -0.1) is 0 Å². The van der Waals surface area contributed by atoms with E-state index in [4.69, 9.17) is 10.3 Å². The first kappa shape index (κ1) is 13.7. The number of pyridine rings is 1. The van der Waals surface area contributed by atoms with Crippen LogP contribution < -0.4 is 5.73 Å². The molecule has 5 nitrogen and oxygen atoms in total. The van der Waals surface area contributed by atoms with E-state index in [1.54, 1.807) is 6.20 Å². The van der Waals surface area contributed by atoms with Crippen LogP contribution in [-0.2, 0) is 0 Å². The SMILES string of the molecule is CC(CCCN)c1nc(-c2nccc3ccccc23)no1. The van der Waals surface area contributed by atoms with Crippen molar-refractivity contribution in [2.75, 3.05) is 6.54 Å². The van der Waals surface area contributed by atoms with E-state index in [0.29, 0.717) is 18.3 Å². The van der Waals surface area contributed by atoms with Crippen molar-refractivity contribution in [1.29, 1.82) is 0 Å². The van der Waals surface area contributed by atoms with Gasteiger partial charge in [0.1, 0.15) is 5.69 Å². The minimum Gasteiger partial charge on any atom is -0.339 e. The molecule has 2 N–H and O–H groups in total. The van der Waals surface area contributed by atoms with Crippen molar-refractivity contribution in [2.45, 2.75) is 25.7 Å². The molecule has 5 heteroatoms. The van der Waals surface area contributed by atoms with Gasteiger partial charge in [-0.25, -0.2) is 0 Å². The van der Waals surface area contributed by atoms with Crippen LogP contribution in [0.1, 0.15) is 31.6 Å². The molecule has 21 heavy (non-hydrogen) atoms. The fourth-order valence-electron chi connectivity index (χ4n) is 2.38. The molecule has 2 aromatic heterocycles. The second-order valence-corrected chi connectivity index (χ2v) is 5.17. The van der Waals surface area contributed by atoms with E-state index in [9.17, 15) is 0 Å². The molecular formula is C16H18N4O. The van der Waals surface area contributed by atoms with Gasteiger partial charge in [0.2, 0.25) is 11.7 Å². The molecular weight excluding hydrogens is 264 g/mol. The van der Waals surface area contributed by atoms with Gasteiger partial charge in [-0.3, -0.25) is 4.98 Å². The van der Waals surface area contributed by atoms with Crippen LogP contribution in [0.25, 0.3) is 22.3 Å². The molecule has 0 aliphatic carbocycles. The van der Waals surface area contributed by atoms with Crippen molar-refractivity contribution in [1.82, 2.24) is 15.1 Å². The Kier molecular flexibility index (Phi) is 3.92. The molecule has 0 amide bonds. The number of fused-ring (bicyclic) bond motifs is 1. The van der Waals surface area contributed by atoms with Gasteiger partial charge in [0.15, 0.2) is 0 Å². The van der Waals surface area contributed by atoms with E-state index >= 15 is 0 Å². The summed E-state index contributed by atoms with van der Waals surface area (Å²) in [6.07, 6.45) is 3.66. The van der Waals surface area contributed by atoms with E-state index in [1.165, 1.54) is 0 Å². The Hall–Kier alpha value is -2.27. The van der Waals surface area contributed by atoms with Gasteiger partial charge in [0.05, 0.1) is 0 Å². The van der Waals surface area contributed by atoms with Crippen LogP contribution >= 0.6 is 0 Å². The Balaban J connectivity index is 1.95. The van der Waals surface area contributed by atoms with Gasteiger partial charge in [0.25, 0.3) is 0 Å². The molecule has 0 radical (unpaired) electrons. The third-order valence-corrected chi connectivity index (χ3v) is 3.59. The summed E-state index contributed by atoms with van der Waals surface area (Å²) >= 11 is 0. The van der Waals surface area contributed by atoms with E-state index in [-0.39, 0.29) is 5.92 Å². The molecule has 0 aliphatic rings. The minimum absolute atomic E-state index is 0.213. The lowest BCUT2D eigenvalue weighted by Gasteiger charge is -2.03. The first-order chi connectivity index (χ1) is 10.3. The number of nitrogens with zero attached hydrogens (tertiary/aromatic N) is 3. The van der Waals surface area contributed by atoms with Crippen LogP contribution in [0.5, 0.6) is 0 Å². The van der Waals surface area contributed by atoms with Gasteiger partial charge >= 0.3 is 0 Å². The minimum atomic E-state index is 0.213. The zero-order valence-corrected chi connectivity index (χ0v) is 12.0. The summed E-state index contributed by atoms with van der Waals surface area (Å²) in [5, 5.41) is 6.23. The largest absolute Gasteiger partial charge is 0.339 e. The summed E-state index contributed by atoms with van der Waals surface area (Å²) in [5.41, 5.74) is 6.30. The lowest BCUT2D eigenvalue weighted by atomic mass is 10.1. The average Bonchev–Trinajstić information content (AvgIpc) is 3.02. The van der Waals surface area contributed by atoms with E-state index < -0.39 is 0 Å². The van der Waals surface area contributed by atoms with Crippen molar-refractivity contribution >= 4 is 10.8 Å². The van der Waals surface area contributed by atoms with Crippen LogP contribution in [0.3, 0.4) is 0 Å². The quantitative estimate of drug-likeness (QED) is 0.777. The number of aromatic nitrogens is 3. The zero-order chi connectivity index (χ0) is 14.7. The molecule has 1 aromatic carbocycles. The molecule has 0 saturated carbocycles. The van der Waals surface area contributed by atoms with Crippen LogP contribution in [0, 0.1) is 0 Å². The Labute approximate surface area is 123 Å². The van der Waals surface area contributed by atoms with Crippen molar-refractivity contribution in [3.05, 3.63) is 42.4 Å². The Morgan fingerprint density at radius 1 is 1.24 bits per heavy atom. The molecule has 108 valence electrons. The highest BCUT2D eigenvalue weighted by Gasteiger charge is 2.16. The molecule has 1 atom stereocenters. The second-order valence-electron chi connectivity index (χ2n) is 5.17. The smallest absolute Gasteiger partial charge is 0.229 e. The van der Waals surface area contributed by atoms with Crippen LogP contribution in [0.4, 0.5) is 0 Å². The number of hydrogen-bond acceptors (Lipinski definition) is 5. The van der Waals surface area contributed by atoms with Crippen LogP contribution in [0.15, 0.2) is 41.1 Å². The average molecular weight is 282 g/mol. The lowest BCUT2D eigenvalue weighted by molar-refractivity contribution is 0.352. The molecule has 3 aromatic rings. The predicted molar refractivity (Wildman–Crippen MR) is 81.7 cm³/mol. The first-order valence-electron chi connectivity index (χ1n) is 7.17. The molecule has 0 fully saturated rings. The number of hydrogen-bond donors (Lipinski definition) is 1. The fraction of sp³-hybridized carbons (Fsp3) is 0.312. The number of nitrogens with two attached hydrogens (primary N) is 1. The van der Waals surface area contributed by atoms with Crippen molar-refractivity contribution in [3.63, 3.8) is 0 Å². The lowest BCUT2D eigenvalue weighted by Crippen LogP contribution is -2.02. The Bertz CT molecular complexity index is 732. The van der Waals surface area contributed by atoms with E-state index in [0.717, 1.165) is 29.3 Å². The maximum Gasteiger partial charge on any atom is 0.229 e. The highest BCUT2D eigenvalue weighted by atomic mass is 16.5. The summed E-state index contributed by atoms with van der Waals surface area (Å²) in [5.74, 6) is 1.40. The molecule has 0 saturated heterocycles. The summed E-state index contributed by atoms with van der Waals surface area (Å²) < 4.78 is 5.38. The maximum atomic E-state index is 5.54. The van der Waals surface area contributed by atoms with Gasteiger partial charge in [-0.2, -0.15) is 4.98 Å². The van der Waals surface area contributed by atoms with Gasteiger partial charge < -0.3 is 10.3 Å². The summed E-state index contributed by atoms with van der Waals surface area (Å²) in [6, 6.07) is 10.0. The fourth-order valence-corrected chi connectivity index (χ4v) is 2.38. The topological polar surface area (TPSA) is 77.8 Å². The highest BCUT2D eigenvalue weighted by molar-refractivity contribution is 5.92. The van der Waals surface area contributed by atoms with E-state index in [2.05, 4.69) is 22.0 Å². The molecule has 0 spiro atoms. The number of rotatable bonds is 5. The van der Waals surface area contributed by atoms with Gasteiger partial charge in [-0.05, 0) is 30.8 Å². The highest BCUT2D eigenvalue weighted by Crippen LogP contribution is 2.26. The molecule has 0 bridgehead atoms. The third-order valence-electron chi connectivity index (χ3n) is 3.59. The normalized spacial score (nSPS) is 12.7. The molecule has 1 unspecified atom stereocenters. The zero-order valence-electron chi connectivity index (χ0n) is 12.0. The van der Waals surface area contributed by atoms with Gasteiger partial charge in [0, 0.05) is 17.5 Å². The summed E-state index contributed by atoms with van der Waals surface area (Å²) in [4.78, 5) is 8.91. The monoisotopic (exact) mass is 282 g/mol. The molecule has 2 heterocycles. The van der Waals surface area contributed by atoms with Crippen molar-refractivity contribution in [2.24, 2.45) is 5.73 Å². The molecule has 3 rings (SSSR count). The Morgan fingerprint density at radius 3 is 2.95 bits per heavy atom. The summed E-state index contributed by atoms with van der Waals surface area (Å²) in [6.45, 7) is 2.75. The van der Waals surface area contributed by atoms with Crippen molar-refractivity contribution < 1.29 is 4.52 Å². The van der Waals surface area contributed by atoms with Crippen LogP contribution in [-0.4, -0.2) is 21.7 Å². The van der Waals surface area contributed by atoms with Crippen molar-refractivity contribution in [3.8, 4) is 11.5 Å².